The van der Waals surface area contributed by atoms with E-state index >= 15 is 0 Å². The van der Waals surface area contributed by atoms with Crippen molar-refractivity contribution in [1.82, 2.24) is 4.90 Å². The Hall–Kier alpha value is 1.22. The van der Waals surface area contributed by atoms with Gasteiger partial charge in [-0.2, -0.15) is 0 Å². The molecule has 0 N–H and O–H groups in total. The van der Waals surface area contributed by atoms with E-state index in [4.69, 9.17) is 4.98 Å². The van der Waals surface area contributed by atoms with Gasteiger partial charge in [0.15, 0.2) is 0 Å². The van der Waals surface area contributed by atoms with Crippen LogP contribution in [0, 0.1) is 37.3 Å². The molecule has 0 bridgehead atoms. The van der Waals surface area contributed by atoms with Gasteiger partial charge in [-0.1, -0.05) is 61.7 Å². The molecule has 0 aromatic rings. The van der Waals surface area contributed by atoms with E-state index in [-0.39, 0.29) is 31.4 Å². The minimum Gasteiger partial charge on any atom is -0.659 e. The molecule has 5 radical (unpaired) electrons. The second-order valence-electron chi connectivity index (χ2n) is 9.46. The van der Waals surface area contributed by atoms with Gasteiger partial charge in [-0.05, 0) is 57.8 Å². The smallest absolute Gasteiger partial charge is 0.659 e. The van der Waals surface area contributed by atoms with E-state index in [1.807, 2.05) is 0 Å². The molecule has 2 nitrogen and oxygen atoms in total. The zero-order chi connectivity index (χ0) is 18.5. The predicted molar refractivity (Wildman–Crippen MR) is 112 cm³/mol. The third kappa shape index (κ3) is 15.5. The van der Waals surface area contributed by atoms with Crippen molar-refractivity contribution >= 4 is 16.3 Å². The molecule has 0 saturated heterocycles. The summed E-state index contributed by atoms with van der Waals surface area (Å²) in [5.74, 6) is 1.45. The van der Waals surface area contributed by atoms with E-state index in [2.05, 4.69) is 98.3 Å². The van der Waals surface area contributed by atoms with Crippen molar-refractivity contribution in [3.63, 3.8) is 0 Å². The van der Waals surface area contributed by atoms with Gasteiger partial charge in [0, 0.05) is 0 Å². The van der Waals surface area contributed by atoms with Crippen molar-refractivity contribution in [3.05, 3.63) is 42.3 Å². The summed E-state index contributed by atoms with van der Waals surface area (Å²) in [5.41, 5.74) is 1.53. The van der Waals surface area contributed by atoms with Crippen molar-refractivity contribution in [2.24, 2.45) is 0 Å². The average molecular weight is 397 g/mol. The van der Waals surface area contributed by atoms with Crippen LogP contribution in [0.4, 0.5) is 0 Å². The third-order valence-corrected chi connectivity index (χ3v) is 5.94. The molecule has 24 heavy (non-hydrogen) atoms. The predicted octanol–water partition coefficient (Wildman–Crippen LogP) is 5.33. The van der Waals surface area contributed by atoms with Crippen LogP contribution in [0.1, 0.15) is 27.2 Å². The monoisotopic (exact) mass is 396 g/mol. The van der Waals surface area contributed by atoms with Crippen LogP contribution in [-0.2, 0) is 25.8 Å². The van der Waals surface area contributed by atoms with Crippen LogP contribution >= 0.6 is 0 Å². The van der Waals surface area contributed by atoms with Gasteiger partial charge in [0.05, 0.1) is 0 Å². The van der Waals surface area contributed by atoms with Crippen LogP contribution in [0.5, 0.6) is 0 Å². The van der Waals surface area contributed by atoms with Gasteiger partial charge in [-0.25, -0.2) is 0 Å². The van der Waals surface area contributed by atoms with Gasteiger partial charge < -0.3 is 16.4 Å². The number of hydrogen-bond acceptors (Lipinski definition) is 1. The minimum absolute atomic E-state index is 0. The molecule has 1 aliphatic carbocycles. The molecule has 135 valence electrons. The zero-order valence-electron chi connectivity index (χ0n) is 17.8. The Kier molecular flexibility index (Phi) is 12.8. The summed E-state index contributed by atoms with van der Waals surface area (Å²) >= 11 is 0. The van der Waals surface area contributed by atoms with Crippen LogP contribution in [0.25, 0.3) is 4.98 Å². The van der Waals surface area contributed by atoms with Crippen LogP contribution in [-0.4, -0.2) is 47.4 Å². The van der Waals surface area contributed by atoms with Gasteiger partial charge in [-0.3, -0.25) is 0 Å². The first-order valence-electron chi connectivity index (χ1n) is 8.60. The van der Waals surface area contributed by atoms with Crippen LogP contribution in [0.3, 0.4) is 0 Å². The molecule has 1 aliphatic rings. The summed E-state index contributed by atoms with van der Waals surface area (Å²) in [5, 5.41) is 0. The third-order valence-electron chi connectivity index (χ3n) is 2.99. The molecule has 0 aromatic carbocycles. The van der Waals surface area contributed by atoms with Crippen LogP contribution in [0.2, 0.25) is 32.7 Å². The van der Waals surface area contributed by atoms with Gasteiger partial charge in [0.2, 0.25) is 0 Å². The van der Waals surface area contributed by atoms with Crippen molar-refractivity contribution in [3.8, 4) is 0 Å². The summed E-state index contributed by atoms with van der Waals surface area (Å²) < 4.78 is 0. The molecule has 0 atom stereocenters. The van der Waals surface area contributed by atoms with Crippen molar-refractivity contribution in [2.45, 2.75) is 65.5 Å². The van der Waals surface area contributed by atoms with E-state index in [0.717, 1.165) is 13.0 Å². The molecule has 0 unspecified atom stereocenters. The Labute approximate surface area is 174 Å². The molecule has 1 rings (SSSR count). The van der Waals surface area contributed by atoms with Gasteiger partial charge in [0.25, 0.3) is 0 Å². The first-order valence-corrected chi connectivity index (χ1v) is 15.3. The molecule has 0 aliphatic heterocycles. The molecular formula is C19H39N2ScSi2+. The number of hydrogen-bond donors (Lipinski definition) is 0. The van der Waals surface area contributed by atoms with Crippen molar-refractivity contribution < 1.29 is 25.8 Å². The first-order chi connectivity index (χ1) is 10.1. The van der Waals surface area contributed by atoms with Gasteiger partial charge in [0.1, 0.15) is 0 Å². The molecule has 1 saturated carbocycles. The topological polar surface area (TPSA) is 17.3 Å². The van der Waals surface area contributed by atoms with Crippen LogP contribution < -0.4 is 0 Å². The van der Waals surface area contributed by atoms with E-state index < -0.39 is 16.3 Å². The Morgan fingerprint density at radius 2 is 1.50 bits per heavy atom. The fourth-order valence-corrected chi connectivity index (χ4v) is 5.12. The van der Waals surface area contributed by atoms with Crippen LogP contribution in [0.15, 0.2) is 0 Å². The van der Waals surface area contributed by atoms with Gasteiger partial charge >= 0.3 is 25.8 Å². The second kappa shape index (κ2) is 11.2. The molecule has 1 fully saturated rings. The summed E-state index contributed by atoms with van der Waals surface area (Å²) in [6, 6.07) is 0. The standard InChI is InChI=1S/C15H28N2Si.C4H11Si.Sc/c1-15(2,3)16-18(6,7)14-9-8-13(12-14)10-11-17(4)5;1-5(2,3)4;/h8-9,12H,10-11H2,1-7H3;1H2,2-4H3;/q2*-1;+3. The molecule has 0 amide bonds. The number of rotatable bonds is 5. The summed E-state index contributed by atoms with van der Waals surface area (Å²) in [4.78, 5) is 7.28. The van der Waals surface area contributed by atoms with E-state index in [1.165, 1.54) is 11.5 Å². The first kappa shape index (κ1) is 27.4. The van der Waals surface area contributed by atoms with Gasteiger partial charge in [-0.15, -0.1) is 13.6 Å². The summed E-state index contributed by atoms with van der Waals surface area (Å²) in [7, 11) is 1.75. The fourth-order valence-electron chi connectivity index (χ4n) is 2.28. The molecule has 0 aromatic heterocycles. The van der Waals surface area contributed by atoms with Crippen molar-refractivity contribution in [1.29, 1.82) is 0 Å². The molecule has 0 heterocycles. The van der Waals surface area contributed by atoms with E-state index in [0.29, 0.717) is 0 Å². The summed E-state index contributed by atoms with van der Waals surface area (Å²) in [6.07, 6.45) is 8.05. The Balaban J connectivity index is 0. The van der Waals surface area contributed by atoms with Crippen molar-refractivity contribution in [2.75, 3.05) is 20.6 Å². The SMILES string of the molecule is CN(C)CC[C]1[CH][CH][C]([Si](C)(C)[N-]C(C)(C)C)[CH]1.[CH2-][Si](C)(C)C.[Sc+3]. The zero-order valence-corrected chi connectivity index (χ0v) is 21.6. The maximum Gasteiger partial charge on any atom is 3.00 e. The Morgan fingerprint density at radius 1 is 1.04 bits per heavy atom. The quantitative estimate of drug-likeness (QED) is 0.454. The largest absolute Gasteiger partial charge is 3.00 e. The van der Waals surface area contributed by atoms with E-state index in [9.17, 15) is 0 Å². The summed E-state index contributed by atoms with van der Waals surface area (Å²) in [6.45, 7) is 22.9. The average Bonchev–Trinajstić information content (AvgIpc) is 2.69. The molecule has 5 heteroatoms. The minimum atomic E-state index is -1.64. The fraction of sp³-hybridized carbons (Fsp3) is 0.684. The Bertz CT molecular complexity index is 327. The maximum atomic E-state index is 5.05. The van der Waals surface area contributed by atoms with E-state index in [1.54, 1.807) is 0 Å². The Morgan fingerprint density at radius 3 is 1.88 bits per heavy atom. The molecular weight excluding hydrogens is 357 g/mol. The molecule has 0 spiro atoms. The second-order valence-corrected chi connectivity index (χ2v) is 18.5. The maximum absolute atomic E-state index is 5.05. The normalized spacial score (nSPS) is 17.5. The number of nitrogens with zero attached hydrogens (tertiary/aromatic N) is 2.